The minimum absolute atomic E-state index is 0.195. The highest BCUT2D eigenvalue weighted by Gasteiger charge is 2.31. The molecule has 2 aromatic carbocycles. The molecule has 1 aromatic heterocycles. The highest BCUT2D eigenvalue weighted by Crippen LogP contribution is 2.32. The van der Waals surface area contributed by atoms with Crippen LogP contribution in [0.15, 0.2) is 42.5 Å². The molecule has 3 aromatic rings. The van der Waals surface area contributed by atoms with Crippen molar-refractivity contribution < 1.29 is 14.4 Å². The lowest BCUT2D eigenvalue weighted by atomic mass is 10.1. The van der Waals surface area contributed by atoms with Gasteiger partial charge in [0.1, 0.15) is 0 Å². The molecule has 1 saturated heterocycles. The van der Waals surface area contributed by atoms with Gasteiger partial charge in [0.15, 0.2) is 5.13 Å². The van der Waals surface area contributed by atoms with Crippen molar-refractivity contribution in [1.29, 1.82) is 0 Å². The molecule has 0 atom stereocenters. The van der Waals surface area contributed by atoms with Crippen LogP contribution in [0.5, 0.6) is 0 Å². The Morgan fingerprint density at radius 2 is 1.73 bits per heavy atom. The molecule has 4 rings (SSSR count). The van der Waals surface area contributed by atoms with E-state index < -0.39 is 0 Å². The molecule has 0 saturated carbocycles. The Kier molecular flexibility index (Phi) is 6.85. The highest BCUT2D eigenvalue weighted by atomic mass is 32.1. The second-order valence-corrected chi connectivity index (χ2v) is 9.08. The summed E-state index contributed by atoms with van der Waals surface area (Å²) >= 11 is 1.50. The van der Waals surface area contributed by atoms with Gasteiger partial charge in [0, 0.05) is 31.5 Å². The number of nitrogens with zero attached hydrogens (tertiary/aromatic N) is 4. The van der Waals surface area contributed by atoms with Gasteiger partial charge in [0.05, 0.1) is 15.9 Å². The number of aromatic nitrogens is 1. The fourth-order valence-electron chi connectivity index (χ4n) is 4.05. The number of aryl methyl sites for hydroxylation is 1. The summed E-state index contributed by atoms with van der Waals surface area (Å²) in [6, 6.07) is 12.8. The van der Waals surface area contributed by atoms with E-state index in [1.54, 1.807) is 29.2 Å². The van der Waals surface area contributed by atoms with E-state index in [0.29, 0.717) is 22.9 Å². The number of amides is 3. The van der Waals surface area contributed by atoms with Gasteiger partial charge in [-0.15, -0.1) is 0 Å². The number of imide groups is 1. The predicted octanol–water partition coefficient (Wildman–Crippen LogP) is 4.25. The van der Waals surface area contributed by atoms with Crippen LogP contribution in [0.3, 0.4) is 0 Å². The molecule has 1 aliphatic heterocycles. The predicted molar refractivity (Wildman–Crippen MR) is 132 cm³/mol. The van der Waals surface area contributed by atoms with Crippen molar-refractivity contribution in [2.45, 2.75) is 33.6 Å². The van der Waals surface area contributed by atoms with E-state index in [0.717, 1.165) is 35.4 Å². The molecular weight excluding hydrogens is 436 g/mol. The number of fused-ring (bicyclic) bond motifs is 1. The van der Waals surface area contributed by atoms with E-state index >= 15 is 0 Å². The maximum absolute atomic E-state index is 13.7. The first-order valence-electron chi connectivity index (χ1n) is 11.3. The summed E-state index contributed by atoms with van der Waals surface area (Å²) in [6.45, 7) is 9.22. The van der Waals surface area contributed by atoms with Gasteiger partial charge in [-0.25, -0.2) is 4.98 Å². The van der Waals surface area contributed by atoms with Gasteiger partial charge in [0.25, 0.3) is 5.91 Å². The molecule has 0 unspecified atom stereocenters. The zero-order chi connectivity index (χ0) is 23.5. The van der Waals surface area contributed by atoms with Crippen molar-refractivity contribution in [3.05, 3.63) is 53.6 Å². The second-order valence-electron chi connectivity index (χ2n) is 8.07. The summed E-state index contributed by atoms with van der Waals surface area (Å²) < 4.78 is 1.03. The molecule has 0 aliphatic carbocycles. The fraction of sp³-hybridized carbons (Fsp3) is 0.360. The Balaban J connectivity index is 1.69. The van der Waals surface area contributed by atoms with Crippen molar-refractivity contribution in [1.82, 2.24) is 9.88 Å². The quantitative estimate of drug-likeness (QED) is 0.466. The molecule has 8 heteroatoms. The first-order valence-corrected chi connectivity index (χ1v) is 12.1. The van der Waals surface area contributed by atoms with E-state index in [9.17, 15) is 14.4 Å². The topological polar surface area (TPSA) is 73.8 Å². The third kappa shape index (κ3) is 4.67. The average molecular weight is 465 g/mol. The molecule has 0 spiro atoms. The molecule has 2 heterocycles. The maximum Gasteiger partial charge on any atom is 0.260 e. The Labute approximate surface area is 197 Å². The van der Waals surface area contributed by atoms with Crippen LogP contribution in [0, 0.1) is 6.92 Å². The van der Waals surface area contributed by atoms with Gasteiger partial charge < -0.3 is 4.90 Å². The number of benzene rings is 2. The molecular formula is C25H28N4O3S. The zero-order valence-corrected chi connectivity index (χ0v) is 20.0. The van der Waals surface area contributed by atoms with Crippen LogP contribution in [0.1, 0.15) is 42.6 Å². The Bertz CT molecular complexity index is 1190. The number of para-hydroxylation sites is 1. The SMILES string of the molecule is CCN(CC)CCN(C(=O)c1cccc(N2C(=O)CCC2=O)c1)c1nc2c(C)cccc2s1. The zero-order valence-electron chi connectivity index (χ0n) is 19.2. The van der Waals surface area contributed by atoms with Gasteiger partial charge in [-0.2, -0.15) is 0 Å². The van der Waals surface area contributed by atoms with Crippen molar-refractivity contribution in [3.63, 3.8) is 0 Å². The molecule has 1 fully saturated rings. The van der Waals surface area contributed by atoms with Crippen LogP contribution in [0.2, 0.25) is 0 Å². The van der Waals surface area contributed by atoms with E-state index in [4.69, 9.17) is 4.98 Å². The third-order valence-electron chi connectivity index (χ3n) is 6.02. The van der Waals surface area contributed by atoms with Crippen molar-refractivity contribution in [2.75, 3.05) is 36.0 Å². The van der Waals surface area contributed by atoms with Crippen molar-refractivity contribution >= 4 is 50.1 Å². The summed E-state index contributed by atoms with van der Waals surface area (Å²) in [5, 5.41) is 0.648. The number of carbonyl (C=O) groups excluding carboxylic acids is 3. The van der Waals surface area contributed by atoms with Gasteiger partial charge in [-0.3, -0.25) is 24.2 Å². The second kappa shape index (κ2) is 9.80. The summed E-state index contributed by atoms with van der Waals surface area (Å²) in [6.07, 6.45) is 0.413. The molecule has 7 nitrogen and oxygen atoms in total. The van der Waals surface area contributed by atoms with Gasteiger partial charge in [-0.1, -0.05) is 43.4 Å². The van der Waals surface area contributed by atoms with Crippen LogP contribution in [0.4, 0.5) is 10.8 Å². The lowest BCUT2D eigenvalue weighted by Gasteiger charge is -2.25. The summed E-state index contributed by atoms with van der Waals surface area (Å²) in [7, 11) is 0. The van der Waals surface area contributed by atoms with E-state index in [2.05, 4.69) is 18.7 Å². The first kappa shape index (κ1) is 23.1. The molecule has 0 N–H and O–H groups in total. The number of likely N-dealkylation sites (N-methyl/N-ethyl adjacent to an activating group) is 1. The number of anilines is 2. The fourth-order valence-corrected chi connectivity index (χ4v) is 5.12. The first-order chi connectivity index (χ1) is 15.9. The van der Waals surface area contributed by atoms with Crippen LogP contribution in [0.25, 0.3) is 10.2 Å². The number of hydrogen-bond acceptors (Lipinski definition) is 6. The number of thiazole rings is 1. The van der Waals surface area contributed by atoms with Crippen LogP contribution >= 0.6 is 11.3 Å². The lowest BCUT2D eigenvalue weighted by Crippen LogP contribution is -2.39. The van der Waals surface area contributed by atoms with Gasteiger partial charge >= 0.3 is 0 Å². The van der Waals surface area contributed by atoms with Gasteiger partial charge in [0.2, 0.25) is 11.8 Å². The largest absolute Gasteiger partial charge is 0.302 e. The molecule has 0 bridgehead atoms. The Hall–Kier alpha value is -3.10. The highest BCUT2D eigenvalue weighted by molar-refractivity contribution is 7.22. The van der Waals surface area contributed by atoms with E-state index in [1.165, 1.54) is 16.2 Å². The van der Waals surface area contributed by atoms with E-state index in [-0.39, 0.29) is 30.6 Å². The number of rotatable bonds is 8. The van der Waals surface area contributed by atoms with E-state index in [1.807, 2.05) is 25.1 Å². The van der Waals surface area contributed by atoms with Gasteiger partial charge in [-0.05, 0) is 49.8 Å². The van der Waals surface area contributed by atoms with Crippen molar-refractivity contribution in [3.8, 4) is 0 Å². The standard InChI is InChI=1S/C25H28N4O3S/c1-4-27(5-2)14-15-28(25-26-23-17(3)8-6-11-20(23)33-25)24(32)18-9-7-10-19(16-18)29-21(30)12-13-22(29)31/h6-11,16H,4-5,12-15H2,1-3H3. The molecule has 3 amide bonds. The molecule has 0 radical (unpaired) electrons. The Morgan fingerprint density at radius 1 is 1.03 bits per heavy atom. The summed E-state index contributed by atoms with van der Waals surface area (Å²) in [5.74, 6) is -0.658. The lowest BCUT2D eigenvalue weighted by molar-refractivity contribution is -0.121. The summed E-state index contributed by atoms with van der Waals surface area (Å²) in [5.41, 5.74) is 2.84. The number of hydrogen-bond donors (Lipinski definition) is 0. The summed E-state index contributed by atoms with van der Waals surface area (Å²) in [4.78, 5) is 48.1. The molecule has 172 valence electrons. The Morgan fingerprint density at radius 3 is 2.39 bits per heavy atom. The normalized spacial score (nSPS) is 14.0. The minimum Gasteiger partial charge on any atom is -0.302 e. The van der Waals surface area contributed by atoms with Crippen LogP contribution in [-0.2, 0) is 9.59 Å². The monoisotopic (exact) mass is 464 g/mol. The smallest absolute Gasteiger partial charge is 0.260 e. The van der Waals surface area contributed by atoms with Crippen molar-refractivity contribution in [2.24, 2.45) is 0 Å². The molecule has 1 aliphatic rings. The maximum atomic E-state index is 13.7. The van der Waals surface area contributed by atoms with Crippen LogP contribution < -0.4 is 9.80 Å². The minimum atomic E-state index is -0.232. The average Bonchev–Trinajstić information content (AvgIpc) is 3.40. The molecule has 33 heavy (non-hydrogen) atoms. The van der Waals surface area contributed by atoms with Crippen LogP contribution in [-0.4, -0.2) is 53.8 Å². The third-order valence-corrected chi connectivity index (χ3v) is 7.07. The number of carbonyl (C=O) groups is 3.